The highest BCUT2D eigenvalue weighted by molar-refractivity contribution is 7.92. The Balaban J connectivity index is 1.70. The van der Waals surface area contributed by atoms with Gasteiger partial charge in [-0.2, -0.15) is 0 Å². The lowest BCUT2D eigenvalue weighted by molar-refractivity contribution is -0.115. The van der Waals surface area contributed by atoms with Gasteiger partial charge in [0.2, 0.25) is 5.91 Å². The molecule has 0 unspecified atom stereocenters. The zero-order valence-electron chi connectivity index (χ0n) is 17.6. The fourth-order valence-corrected chi connectivity index (χ4v) is 3.94. The molecule has 0 aliphatic carbocycles. The molecule has 3 aromatic rings. The Morgan fingerprint density at radius 3 is 2.44 bits per heavy atom. The summed E-state index contributed by atoms with van der Waals surface area (Å²) >= 11 is 0. The third-order valence-corrected chi connectivity index (χ3v) is 5.85. The molecular formula is C22H19F2N3O6S. The van der Waals surface area contributed by atoms with Crippen molar-refractivity contribution in [1.29, 1.82) is 0 Å². The van der Waals surface area contributed by atoms with Gasteiger partial charge in [0.05, 0.1) is 35.5 Å². The van der Waals surface area contributed by atoms with Gasteiger partial charge in [-0.3, -0.25) is 14.3 Å². The predicted molar refractivity (Wildman–Crippen MR) is 119 cm³/mol. The van der Waals surface area contributed by atoms with E-state index in [1.165, 1.54) is 13.2 Å². The average Bonchev–Trinajstić information content (AvgIpc) is 2.79. The Morgan fingerprint density at radius 1 is 1.00 bits per heavy atom. The smallest absolute Gasteiger partial charge is 0.262 e. The van der Waals surface area contributed by atoms with Crippen molar-refractivity contribution >= 4 is 33.2 Å². The summed E-state index contributed by atoms with van der Waals surface area (Å²) in [6.45, 7) is -0.633. The molecule has 0 bridgehead atoms. The molecular weight excluding hydrogens is 472 g/mol. The zero-order valence-corrected chi connectivity index (χ0v) is 18.4. The van der Waals surface area contributed by atoms with E-state index in [4.69, 9.17) is 4.74 Å². The van der Waals surface area contributed by atoms with Gasteiger partial charge in [-0.1, -0.05) is 12.1 Å². The normalized spacial score (nSPS) is 10.9. The van der Waals surface area contributed by atoms with E-state index < -0.39 is 51.3 Å². The molecule has 2 amide bonds. The molecule has 3 rings (SSSR count). The quantitative estimate of drug-likeness (QED) is 0.358. The summed E-state index contributed by atoms with van der Waals surface area (Å²) < 4.78 is 59.7. The zero-order chi connectivity index (χ0) is 24.9. The first-order valence-corrected chi connectivity index (χ1v) is 11.1. The van der Waals surface area contributed by atoms with E-state index in [0.717, 1.165) is 30.3 Å². The minimum atomic E-state index is -4.13. The SMILES string of the molecule is COc1ccccc1NS(=O)(=O)c1ccc(O)c(NC(=O)CNC(=O)c2ccc(F)cc2F)c1. The van der Waals surface area contributed by atoms with Gasteiger partial charge in [0.1, 0.15) is 23.1 Å². The molecule has 9 nitrogen and oxygen atoms in total. The number of amides is 2. The lowest BCUT2D eigenvalue weighted by atomic mass is 10.2. The number of benzene rings is 3. The standard InChI is InChI=1S/C22H19F2N3O6S/c1-33-20-5-3-2-4-17(20)27-34(31,32)14-7-9-19(28)18(11-14)26-21(29)12-25-22(30)15-8-6-13(23)10-16(15)24/h2-11,27-28H,12H2,1H3,(H,25,30)(H,26,29). The maximum absolute atomic E-state index is 13.7. The molecule has 0 heterocycles. The second kappa shape index (κ2) is 10.2. The number of sulfonamides is 1. The van der Waals surface area contributed by atoms with Crippen LogP contribution in [0.3, 0.4) is 0 Å². The van der Waals surface area contributed by atoms with E-state index >= 15 is 0 Å². The van der Waals surface area contributed by atoms with E-state index in [1.54, 1.807) is 18.2 Å². The number of methoxy groups -OCH3 is 1. The predicted octanol–water partition coefficient (Wildman–Crippen LogP) is 2.85. The van der Waals surface area contributed by atoms with E-state index in [0.29, 0.717) is 6.07 Å². The Morgan fingerprint density at radius 2 is 1.74 bits per heavy atom. The number of para-hydroxylation sites is 2. The van der Waals surface area contributed by atoms with Crippen LogP contribution >= 0.6 is 0 Å². The number of phenols is 1. The topological polar surface area (TPSA) is 134 Å². The van der Waals surface area contributed by atoms with Crippen molar-refractivity contribution in [2.75, 3.05) is 23.7 Å². The lowest BCUT2D eigenvalue weighted by Gasteiger charge is -2.13. The summed E-state index contributed by atoms with van der Waals surface area (Å²) in [6, 6.07) is 11.9. The minimum absolute atomic E-state index is 0.180. The molecule has 0 aromatic heterocycles. The first-order valence-electron chi connectivity index (χ1n) is 9.62. The first kappa shape index (κ1) is 24.5. The molecule has 0 spiro atoms. The second-order valence-corrected chi connectivity index (χ2v) is 8.52. The van der Waals surface area contributed by atoms with Crippen LogP contribution in [0.25, 0.3) is 0 Å². The summed E-state index contributed by atoms with van der Waals surface area (Å²) in [6.07, 6.45) is 0. The van der Waals surface area contributed by atoms with Crippen LogP contribution in [0.2, 0.25) is 0 Å². The van der Waals surface area contributed by atoms with Crippen molar-refractivity contribution < 1.29 is 36.6 Å². The Hall–Kier alpha value is -4.19. The highest BCUT2D eigenvalue weighted by Crippen LogP contribution is 2.30. The monoisotopic (exact) mass is 491 g/mol. The number of nitrogens with one attached hydrogen (secondary N) is 3. The Labute approximate surface area is 193 Å². The fourth-order valence-electron chi connectivity index (χ4n) is 2.84. The van der Waals surface area contributed by atoms with Gasteiger partial charge in [0.15, 0.2) is 0 Å². The summed E-state index contributed by atoms with van der Waals surface area (Å²) in [4.78, 5) is 23.9. The number of hydrogen-bond donors (Lipinski definition) is 4. The van der Waals surface area contributed by atoms with Crippen molar-refractivity contribution in [3.63, 3.8) is 0 Å². The number of halogens is 2. The van der Waals surface area contributed by atoms with Crippen LogP contribution in [-0.2, 0) is 14.8 Å². The number of aromatic hydroxyl groups is 1. The maximum atomic E-state index is 13.7. The van der Waals surface area contributed by atoms with Crippen molar-refractivity contribution in [3.8, 4) is 11.5 Å². The third-order valence-electron chi connectivity index (χ3n) is 4.49. The number of phenolic OH excluding ortho intramolecular Hbond substituents is 1. The van der Waals surface area contributed by atoms with Crippen molar-refractivity contribution in [3.05, 3.63) is 77.9 Å². The summed E-state index contributed by atoms with van der Waals surface area (Å²) in [5, 5.41) is 14.4. The summed E-state index contributed by atoms with van der Waals surface area (Å²) in [7, 11) is -2.75. The van der Waals surface area contributed by atoms with Gasteiger partial charge in [-0.15, -0.1) is 0 Å². The molecule has 0 fully saturated rings. The van der Waals surface area contributed by atoms with Crippen LogP contribution in [-0.4, -0.2) is 39.0 Å². The van der Waals surface area contributed by atoms with Gasteiger partial charge in [-0.05, 0) is 42.5 Å². The molecule has 178 valence electrons. The maximum Gasteiger partial charge on any atom is 0.262 e. The van der Waals surface area contributed by atoms with E-state index in [-0.39, 0.29) is 22.0 Å². The van der Waals surface area contributed by atoms with Crippen LogP contribution in [0.5, 0.6) is 11.5 Å². The van der Waals surface area contributed by atoms with Crippen molar-refractivity contribution in [2.45, 2.75) is 4.90 Å². The molecule has 4 N–H and O–H groups in total. The molecule has 0 atom stereocenters. The molecule has 3 aromatic carbocycles. The third kappa shape index (κ3) is 5.78. The molecule has 34 heavy (non-hydrogen) atoms. The number of carbonyl (C=O) groups excluding carboxylic acids is 2. The van der Waals surface area contributed by atoms with Crippen LogP contribution in [0.4, 0.5) is 20.2 Å². The molecule has 0 saturated carbocycles. The van der Waals surface area contributed by atoms with E-state index in [9.17, 15) is 31.9 Å². The molecule has 12 heteroatoms. The van der Waals surface area contributed by atoms with Gasteiger partial charge in [0, 0.05) is 6.07 Å². The van der Waals surface area contributed by atoms with Gasteiger partial charge in [0.25, 0.3) is 15.9 Å². The highest BCUT2D eigenvalue weighted by atomic mass is 32.2. The van der Waals surface area contributed by atoms with Crippen LogP contribution in [0, 0.1) is 11.6 Å². The molecule has 0 aliphatic rings. The van der Waals surface area contributed by atoms with Crippen LogP contribution in [0.15, 0.2) is 65.6 Å². The Kier molecular flexibility index (Phi) is 7.31. The molecule has 0 radical (unpaired) electrons. The van der Waals surface area contributed by atoms with Crippen molar-refractivity contribution in [1.82, 2.24) is 5.32 Å². The number of hydrogen-bond acceptors (Lipinski definition) is 6. The van der Waals surface area contributed by atoms with E-state index in [2.05, 4.69) is 15.4 Å². The second-order valence-electron chi connectivity index (χ2n) is 6.84. The number of rotatable bonds is 8. The first-order chi connectivity index (χ1) is 16.1. The number of ether oxygens (including phenoxy) is 1. The number of anilines is 2. The van der Waals surface area contributed by atoms with Crippen LogP contribution in [0.1, 0.15) is 10.4 Å². The largest absolute Gasteiger partial charge is 0.506 e. The Bertz CT molecular complexity index is 1350. The van der Waals surface area contributed by atoms with Gasteiger partial charge >= 0.3 is 0 Å². The lowest BCUT2D eigenvalue weighted by Crippen LogP contribution is -2.33. The minimum Gasteiger partial charge on any atom is -0.506 e. The molecule has 0 aliphatic heterocycles. The molecule has 0 saturated heterocycles. The van der Waals surface area contributed by atoms with Gasteiger partial charge in [-0.25, -0.2) is 17.2 Å². The number of carbonyl (C=O) groups is 2. The van der Waals surface area contributed by atoms with E-state index in [1.807, 2.05) is 0 Å². The summed E-state index contributed by atoms with van der Waals surface area (Å²) in [5.41, 5.74) is -0.526. The van der Waals surface area contributed by atoms with Gasteiger partial charge < -0.3 is 20.5 Å². The fraction of sp³-hybridized carbons (Fsp3) is 0.0909. The van der Waals surface area contributed by atoms with Crippen molar-refractivity contribution in [2.24, 2.45) is 0 Å². The average molecular weight is 491 g/mol. The van der Waals surface area contributed by atoms with Crippen LogP contribution < -0.4 is 20.1 Å². The summed E-state index contributed by atoms with van der Waals surface area (Å²) in [5.74, 6) is -3.91. The highest BCUT2D eigenvalue weighted by Gasteiger charge is 2.19.